The summed E-state index contributed by atoms with van der Waals surface area (Å²) in [6.45, 7) is 1.12. The van der Waals surface area contributed by atoms with Crippen molar-refractivity contribution in [3.05, 3.63) is 78.4 Å². The first kappa shape index (κ1) is 25.1. The van der Waals surface area contributed by atoms with E-state index in [-0.39, 0.29) is 17.2 Å². The van der Waals surface area contributed by atoms with Gasteiger partial charge in [-0.2, -0.15) is 0 Å². The minimum atomic E-state index is -4.23. The number of ether oxygens (including phenoxy) is 3. The lowest BCUT2D eigenvalue weighted by atomic mass is 10.2. The second-order valence-electron chi connectivity index (χ2n) is 8.10. The van der Waals surface area contributed by atoms with Crippen LogP contribution >= 0.6 is 0 Å². The predicted molar refractivity (Wildman–Crippen MR) is 134 cm³/mol. The molecule has 0 aromatic heterocycles. The number of rotatable bonds is 7. The second-order valence-corrected chi connectivity index (χ2v) is 9.93. The molecule has 0 radical (unpaired) electrons. The molecule has 0 spiro atoms. The molecule has 1 heterocycles. The largest absolute Gasteiger partial charge is 0.495 e. The minimum absolute atomic E-state index is 0.0588. The molecule has 0 saturated carbocycles. The summed E-state index contributed by atoms with van der Waals surface area (Å²) in [4.78, 5) is 27.2. The van der Waals surface area contributed by atoms with E-state index >= 15 is 0 Å². The van der Waals surface area contributed by atoms with Crippen LogP contribution in [-0.2, 0) is 24.3 Å². The zero-order chi connectivity index (χ0) is 25.9. The van der Waals surface area contributed by atoms with Crippen molar-refractivity contribution in [3.63, 3.8) is 0 Å². The van der Waals surface area contributed by atoms with Gasteiger partial charge in [-0.25, -0.2) is 13.2 Å². The van der Waals surface area contributed by atoms with E-state index in [1.54, 1.807) is 73.7 Å². The maximum atomic E-state index is 13.9. The third-order valence-corrected chi connectivity index (χ3v) is 7.54. The highest BCUT2D eigenvalue weighted by Gasteiger charge is 2.37. The maximum absolute atomic E-state index is 13.9. The molecule has 0 fully saturated rings. The van der Waals surface area contributed by atoms with Crippen molar-refractivity contribution in [3.8, 4) is 11.5 Å². The lowest BCUT2D eigenvalue weighted by Gasteiger charge is -2.35. The van der Waals surface area contributed by atoms with Crippen LogP contribution in [0.3, 0.4) is 0 Å². The van der Waals surface area contributed by atoms with Gasteiger partial charge in [-0.3, -0.25) is 9.10 Å². The molecule has 36 heavy (non-hydrogen) atoms. The fourth-order valence-corrected chi connectivity index (χ4v) is 5.60. The highest BCUT2D eigenvalue weighted by molar-refractivity contribution is 7.93. The third kappa shape index (κ3) is 4.85. The van der Waals surface area contributed by atoms with Crippen LogP contribution < -0.4 is 18.7 Å². The summed E-state index contributed by atoms with van der Waals surface area (Å²) in [6, 6.07) is 19.9. The Labute approximate surface area is 209 Å². The molecular formula is C26H26N2O7S. The Hall–Kier alpha value is -4.05. The lowest BCUT2D eigenvalue weighted by molar-refractivity contribution is -0.148. The zero-order valence-electron chi connectivity index (χ0n) is 20.1. The number of hydrogen-bond acceptors (Lipinski definition) is 7. The highest BCUT2D eigenvalue weighted by atomic mass is 32.2. The maximum Gasteiger partial charge on any atom is 0.348 e. The van der Waals surface area contributed by atoms with Crippen LogP contribution in [0.5, 0.6) is 11.5 Å². The van der Waals surface area contributed by atoms with Gasteiger partial charge in [0, 0.05) is 0 Å². The first-order valence-electron chi connectivity index (χ1n) is 11.1. The fourth-order valence-electron chi connectivity index (χ4n) is 3.95. The number of carbonyl (C=O) groups is 2. The Morgan fingerprint density at radius 2 is 1.72 bits per heavy atom. The molecule has 3 aromatic carbocycles. The normalized spacial score (nSPS) is 14.9. The SMILES string of the molecule is COC(=O)C1CN(C(=O)CN(c2ccccc2)S(=O)(=O)c2cc(C)ccc2OC)c2ccccc2O1. The summed E-state index contributed by atoms with van der Waals surface area (Å²) in [5, 5.41) is 0. The van der Waals surface area contributed by atoms with Gasteiger partial charge in [0.2, 0.25) is 12.0 Å². The smallest absolute Gasteiger partial charge is 0.348 e. The van der Waals surface area contributed by atoms with Crippen molar-refractivity contribution in [1.29, 1.82) is 0 Å². The summed E-state index contributed by atoms with van der Waals surface area (Å²) < 4.78 is 44.7. The average Bonchev–Trinajstić information content (AvgIpc) is 2.90. The molecule has 0 N–H and O–H groups in total. The van der Waals surface area contributed by atoms with Gasteiger partial charge < -0.3 is 19.1 Å². The first-order valence-corrected chi connectivity index (χ1v) is 12.6. The van der Waals surface area contributed by atoms with E-state index in [1.165, 1.54) is 25.2 Å². The number of esters is 1. The molecule has 4 rings (SSSR count). The summed E-state index contributed by atoms with van der Waals surface area (Å²) in [7, 11) is -1.61. The van der Waals surface area contributed by atoms with E-state index < -0.39 is 34.5 Å². The molecule has 1 aliphatic rings. The van der Waals surface area contributed by atoms with Crippen LogP contribution in [0.1, 0.15) is 5.56 Å². The standard InChI is InChI=1S/C26H26N2O7S/c1-18-13-14-22(33-2)24(15-18)36(31,32)28(19-9-5-4-6-10-19)17-25(29)27-16-23(26(30)34-3)35-21-12-8-7-11-20(21)27/h4-15,23H,16-17H2,1-3H3. The average molecular weight is 511 g/mol. The van der Waals surface area contributed by atoms with Gasteiger partial charge in [0.15, 0.2) is 0 Å². The van der Waals surface area contributed by atoms with Gasteiger partial charge in [-0.05, 0) is 48.9 Å². The quantitative estimate of drug-likeness (QED) is 0.450. The van der Waals surface area contributed by atoms with Crippen LogP contribution in [0, 0.1) is 6.92 Å². The molecule has 1 aliphatic heterocycles. The molecule has 1 amide bonds. The van der Waals surface area contributed by atoms with E-state index in [1.807, 2.05) is 0 Å². The summed E-state index contributed by atoms with van der Waals surface area (Å²) >= 11 is 0. The van der Waals surface area contributed by atoms with Crippen LogP contribution in [0.2, 0.25) is 0 Å². The molecule has 9 nitrogen and oxygen atoms in total. The zero-order valence-corrected chi connectivity index (χ0v) is 20.9. The molecule has 1 unspecified atom stereocenters. The van der Waals surface area contributed by atoms with Gasteiger partial charge in [0.25, 0.3) is 10.0 Å². The minimum Gasteiger partial charge on any atom is -0.495 e. The number of aryl methyl sites for hydroxylation is 1. The number of anilines is 2. The molecule has 0 bridgehead atoms. The third-order valence-electron chi connectivity index (χ3n) is 5.75. The van der Waals surface area contributed by atoms with Crippen molar-refractivity contribution in [2.45, 2.75) is 17.9 Å². The Morgan fingerprint density at radius 3 is 2.42 bits per heavy atom. The van der Waals surface area contributed by atoms with Crippen LogP contribution in [0.25, 0.3) is 0 Å². The number of fused-ring (bicyclic) bond motifs is 1. The van der Waals surface area contributed by atoms with Crippen molar-refractivity contribution in [2.75, 3.05) is 36.5 Å². The number of sulfonamides is 1. The highest BCUT2D eigenvalue weighted by Crippen LogP contribution is 2.35. The number of methoxy groups -OCH3 is 2. The topological polar surface area (TPSA) is 102 Å². The number of benzene rings is 3. The van der Waals surface area contributed by atoms with Crippen LogP contribution in [0.15, 0.2) is 77.7 Å². The monoisotopic (exact) mass is 510 g/mol. The fraction of sp³-hybridized carbons (Fsp3) is 0.231. The number of amides is 1. The van der Waals surface area contributed by atoms with Crippen LogP contribution in [0.4, 0.5) is 11.4 Å². The van der Waals surface area contributed by atoms with Crippen molar-refractivity contribution >= 4 is 33.3 Å². The van der Waals surface area contributed by atoms with E-state index in [2.05, 4.69) is 0 Å². The van der Waals surface area contributed by atoms with Crippen LogP contribution in [-0.4, -0.2) is 53.7 Å². The van der Waals surface area contributed by atoms with Gasteiger partial charge in [-0.15, -0.1) is 0 Å². The molecule has 0 aliphatic carbocycles. The summed E-state index contributed by atoms with van der Waals surface area (Å²) in [6.07, 6.45) is -1.05. The van der Waals surface area contributed by atoms with Crippen molar-refractivity contribution < 1.29 is 32.2 Å². The van der Waals surface area contributed by atoms with Gasteiger partial charge >= 0.3 is 5.97 Å². The second kappa shape index (κ2) is 10.3. The molecule has 188 valence electrons. The number of carbonyl (C=O) groups excluding carboxylic acids is 2. The summed E-state index contributed by atoms with van der Waals surface area (Å²) in [5.41, 5.74) is 1.46. The Balaban J connectivity index is 1.76. The molecule has 10 heteroatoms. The van der Waals surface area contributed by atoms with Gasteiger partial charge in [-0.1, -0.05) is 36.4 Å². The number of para-hydroxylation sites is 3. The molecule has 1 atom stereocenters. The van der Waals surface area contributed by atoms with E-state index in [9.17, 15) is 18.0 Å². The van der Waals surface area contributed by atoms with Crippen molar-refractivity contribution in [1.82, 2.24) is 0 Å². The summed E-state index contributed by atoms with van der Waals surface area (Å²) in [5.74, 6) is -0.698. The molecular weight excluding hydrogens is 484 g/mol. The number of hydrogen-bond donors (Lipinski definition) is 0. The van der Waals surface area contributed by atoms with E-state index in [0.29, 0.717) is 17.1 Å². The predicted octanol–water partition coefficient (Wildman–Crippen LogP) is 3.17. The lowest BCUT2D eigenvalue weighted by Crippen LogP contribution is -2.51. The van der Waals surface area contributed by atoms with Gasteiger partial charge in [0.05, 0.1) is 32.1 Å². The first-order chi connectivity index (χ1) is 17.3. The Kier molecular flexibility index (Phi) is 7.16. The van der Waals surface area contributed by atoms with Gasteiger partial charge in [0.1, 0.15) is 22.9 Å². The molecule has 3 aromatic rings. The Morgan fingerprint density at radius 1 is 1.03 bits per heavy atom. The van der Waals surface area contributed by atoms with E-state index in [0.717, 1.165) is 9.87 Å². The molecule has 0 saturated heterocycles. The van der Waals surface area contributed by atoms with Crippen molar-refractivity contribution in [2.24, 2.45) is 0 Å². The van der Waals surface area contributed by atoms with E-state index in [4.69, 9.17) is 14.2 Å². The number of nitrogens with zero attached hydrogens (tertiary/aromatic N) is 2. The Bertz CT molecular complexity index is 1380.